The maximum Gasteiger partial charge on any atom is 0.251 e. The maximum atomic E-state index is 13.3. The van der Waals surface area contributed by atoms with Crippen LogP contribution in [0.15, 0.2) is 61.2 Å². The smallest absolute Gasteiger partial charge is 0.251 e. The molecule has 10 nitrogen and oxygen atoms in total. The van der Waals surface area contributed by atoms with E-state index in [9.17, 15) is 18.8 Å². The van der Waals surface area contributed by atoms with Crippen LogP contribution in [0.4, 0.5) is 4.39 Å². The van der Waals surface area contributed by atoms with E-state index in [0.717, 1.165) is 17.7 Å². The third-order valence-electron chi connectivity index (χ3n) is 6.96. The number of hydrogen-bond acceptors (Lipinski definition) is 6. The number of nitrogens with one attached hydrogen (secondary N) is 3. The molecule has 1 aliphatic carbocycles. The van der Waals surface area contributed by atoms with Crippen LogP contribution in [0, 0.1) is 5.82 Å². The third-order valence-corrected chi connectivity index (χ3v) is 6.96. The second kappa shape index (κ2) is 11.5. The topological polar surface area (TPSA) is 121 Å². The van der Waals surface area contributed by atoms with Gasteiger partial charge >= 0.3 is 0 Å². The van der Waals surface area contributed by atoms with Crippen LogP contribution >= 0.6 is 0 Å². The maximum absolute atomic E-state index is 13.3. The average Bonchev–Trinajstić information content (AvgIpc) is 3.49. The van der Waals surface area contributed by atoms with Crippen molar-refractivity contribution >= 4 is 17.7 Å². The highest BCUT2D eigenvalue weighted by Crippen LogP contribution is 2.40. The molecule has 0 spiro atoms. The monoisotopic (exact) mass is 519 g/mol. The van der Waals surface area contributed by atoms with Gasteiger partial charge in [-0.1, -0.05) is 12.1 Å². The molecule has 3 aromatic rings. The number of benzene rings is 2. The van der Waals surface area contributed by atoms with E-state index >= 15 is 0 Å². The summed E-state index contributed by atoms with van der Waals surface area (Å²) in [7, 11) is 0. The van der Waals surface area contributed by atoms with Crippen LogP contribution in [-0.4, -0.2) is 75.6 Å². The van der Waals surface area contributed by atoms with E-state index in [1.54, 1.807) is 41.5 Å². The van der Waals surface area contributed by atoms with Crippen LogP contribution in [0.1, 0.15) is 41.1 Å². The van der Waals surface area contributed by atoms with Gasteiger partial charge in [0.1, 0.15) is 24.5 Å². The predicted molar refractivity (Wildman–Crippen MR) is 137 cm³/mol. The average molecular weight is 520 g/mol. The Balaban J connectivity index is 1.17. The second-order valence-corrected chi connectivity index (χ2v) is 9.65. The normalized spacial score (nSPS) is 19.5. The molecule has 0 radical (unpaired) electrons. The summed E-state index contributed by atoms with van der Waals surface area (Å²) in [5, 5.41) is 16.7. The van der Waals surface area contributed by atoms with Gasteiger partial charge in [-0.3, -0.25) is 19.0 Å². The summed E-state index contributed by atoms with van der Waals surface area (Å²) in [4.78, 5) is 39.7. The molecule has 5 rings (SSSR count). The van der Waals surface area contributed by atoms with Crippen molar-refractivity contribution in [2.75, 3.05) is 26.2 Å². The van der Waals surface area contributed by atoms with Crippen molar-refractivity contribution in [3.05, 3.63) is 78.1 Å². The van der Waals surface area contributed by atoms with Crippen LogP contribution in [0.2, 0.25) is 0 Å². The predicted octanol–water partition coefficient (Wildman–Crippen LogP) is 1.39. The van der Waals surface area contributed by atoms with Crippen molar-refractivity contribution < 1.29 is 18.8 Å². The van der Waals surface area contributed by atoms with Crippen LogP contribution in [0.5, 0.6) is 0 Å². The first-order chi connectivity index (χ1) is 18.5. The summed E-state index contributed by atoms with van der Waals surface area (Å²) in [5.74, 6) is -0.701. The number of nitrogens with zero attached hydrogens (tertiary/aromatic N) is 4. The van der Waals surface area contributed by atoms with E-state index in [2.05, 4.69) is 26.1 Å². The van der Waals surface area contributed by atoms with E-state index in [1.807, 2.05) is 12.1 Å². The molecule has 11 heteroatoms. The zero-order valence-electron chi connectivity index (χ0n) is 20.8. The molecule has 198 valence electrons. The van der Waals surface area contributed by atoms with Crippen molar-refractivity contribution in [1.29, 1.82) is 0 Å². The molecule has 1 saturated heterocycles. The van der Waals surface area contributed by atoms with Crippen LogP contribution in [0.25, 0.3) is 5.69 Å². The molecule has 1 aliphatic heterocycles. The van der Waals surface area contributed by atoms with Gasteiger partial charge < -0.3 is 20.9 Å². The lowest BCUT2D eigenvalue weighted by atomic mass is 10.1. The fourth-order valence-electron chi connectivity index (χ4n) is 4.76. The SMILES string of the molecule is O=C1CN(C(=O)[C@H](CCCN[C@@H]2C[C@H]2c2ccc(F)cc2)NC(=O)c2ccc(-n3cnnc3)cc2)CCN1. The largest absolute Gasteiger partial charge is 0.353 e. The number of rotatable bonds is 10. The fraction of sp³-hybridized carbons (Fsp3) is 0.370. The molecule has 2 aromatic carbocycles. The van der Waals surface area contributed by atoms with Gasteiger partial charge in [-0.15, -0.1) is 10.2 Å². The molecule has 3 N–H and O–H groups in total. The molecule has 0 bridgehead atoms. The zero-order valence-corrected chi connectivity index (χ0v) is 20.8. The van der Waals surface area contributed by atoms with E-state index < -0.39 is 6.04 Å². The molecule has 1 saturated carbocycles. The van der Waals surface area contributed by atoms with Gasteiger partial charge in [-0.05, 0) is 67.8 Å². The molecule has 38 heavy (non-hydrogen) atoms. The molecule has 2 aliphatic rings. The number of halogens is 1. The number of hydrogen-bond donors (Lipinski definition) is 3. The van der Waals surface area contributed by atoms with E-state index in [1.165, 1.54) is 17.0 Å². The summed E-state index contributed by atoms with van der Waals surface area (Å²) in [6.07, 6.45) is 5.21. The lowest BCUT2D eigenvalue weighted by Gasteiger charge is -2.30. The second-order valence-electron chi connectivity index (χ2n) is 9.65. The summed E-state index contributed by atoms with van der Waals surface area (Å²) in [6, 6.07) is 13.1. The van der Waals surface area contributed by atoms with E-state index in [0.29, 0.717) is 50.0 Å². The first-order valence-corrected chi connectivity index (χ1v) is 12.8. The number of carbonyl (C=O) groups is 3. The quantitative estimate of drug-likeness (QED) is 0.348. The van der Waals surface area contributed by atoms with Gasteiger partial charge in [-0.2, -0.15) is 0 Å². The Kier molecular flexibility index (Phi) is 7.73. The van der Waals surface area contributed by atoms with Crippen LogP contribution in [0.3, 0.4) is 0 Å². The van der Waals surface area contributed by atoms with Crippen LogP contribution in [-0.2, 0) is 9.59 Å². The molecule has 2 fully saturated rings. The lowest BCUT2D eigenvalue weighted by molar-refractivity contribution is -0.139. The first kappa shape index (κ1) is 25.5. The highest BCUT2D eigenvalue weighted by atomic mass is 19.1. The summed E-state index contributed by atoms with van der Waals surface area (Å²) < 4.78 is 14.9. The number of piperazine rings is 1. The van der Waals surface area contributed by atoms with Crippen molar-refractivity contribution in [3.63, 3.8) is 0 Å². The molecular weight excluding hydrogens is 489 g/mol. The van der Waals surface area contributed by atoms with Gasteiger partial charge in [0, 0.05) is 36.3 Å². The first-order valence-electron chi connectivity index (χ1n) is 12.8. The third kappa shape index (κ3) is 6.23. The Morgan fingerprint density at radius 1 is 1.08 bits per heavy atom. The van der Waals surface area contributed by atoms with Gasteiger partial charge in [0.2, 0.25) is 11.8 Å². The summed E-state index contributed by atoms with van der Waals surface area (Å²) >= 11 is 0. The molecule has 0 unspecified atom stereocenters. The number of carbonyl (C=O) groups excluding carboxylic acids is 3. The van der Waals surface area contributed by atoms with Gasteiger partial charge in [0.25, 0.3) is 5.91 Å². The highest BCUT2D eigenvalue weighted by Gasteiger charge is 2.37. The lowest BCUT2D eigenvalue weighted by Crippen LogP contribution is -2.56. The van der Waals surface area contributed by atoms with E-state index in [4.69, 9.17) is 0 Å². The number of amides is 3. The summed E-state index contributed by atoms with van der Waals surface area (Å²) in [6.45, 7) is 1.46. The molecule has 1 aromatic heterocycles. The van der Waals surface area contributed by atoms with Crippen molar-refractivity contribution in [2.45, 2.75) is 37.3 Å². The minimum Gasteiger partial charge on any atom is -0.353 e. The van der Waals surface area contributed by atoms with Gasteiger partial charge in [0.15, 0.2) is 0 Å². The summed E-state index contributed by atoms with van der Waals surface area (Å²) in [5.41, 5.74) is 2.35. The molecular formula is C27H30FN7O3. The Hall–Kier alpha value is -4.12. The van der Waals surface area contributed by atoms with Crippen molar-refractivity contribution in [3.8, 4) is 5.69 Å². The minimum absolute atomic E-state index is 0.0154. The Morgan fingerprint density at radius 2 is 1.82 bits per heavy atom. The molecule has 2 heterocycles. The van der Waals surface area contributed by atoms with Crippen molar-refractivity contribution in [2.24, 2.45) is 0 Å². The standard InChI is InChI=1S/C27H30FN7O3/c28-20-7-3-18(4-8-20)22-14-24(22)29-11-1-2-23(27(38)34-13-12-30-25(36)15-34)33-26(37)19-5-9-21(10-6-19)35-16-31-32-17-35/h3-10,16-17,22-24,29H,1-2,11-15H2,(H,30,36)(H,33,37)/t22-,23-,24+/m0/s1. The Labute approximate surface area is 219 Å². The van der Waals surface area contributed by atoms with Crippen LogP contribution < -0.4 is 16.0 Å². The molecule has 3 amide bonds. The van der Waals surface area contributed by atoms with E-state index in [-0.39, 0.29) is 30.1 Å². The fourth-order valence-corrected chi connectivity index (χ4v) is 4.76. The number of aromatic nitrogens is 3. The Morgan fingerprint density at radius 3 is 2.53 bits per heavy atom. The zero-order chi connectivity index (χ0) is 26.5. The Bertz CT molecular complexity index is 1260. The van der Waals surface area contributed by atoms with Gasteiger partial charge in [0.05, 0.1) is 6.54 Å². The van der Waals surface area contributed by atoms with Crippen molar-refractivity contribution in [1.82, 2.24) is 35.6 Å². The van der Waals surface area contributed by atoms with Gasteiger partial charge in [-0.25, -0.2) is 4.39 Å². The molecule has 3 atom stereocenters. The highest BCUT2D eigenvalue weighted by molar-refractivity contribution is 5.98. The minimum atomic E-state index is -0.750.